The molecule has 4 heteroatoms. The Kier molecular flexibility index (Phi) is 3.46. The Balaban J connectivity index is 1.79. The number of ether oxygens (including phenoxy) is 1. The van der Waals surface area contributed by atoms with Crippen molar-refractivity contribution in [1.82, 2.24) is 9.38 Å². The van der Waals surface area contributed by atoms with E-state index in [1.54, 1.807) is 7.11 Å². The summed E-state index contributed by atoms with van der Waals surface area (Å²) in [6.07, 6.45) is 9.30. The molecule has 1 unspecified atom stereocenters. The lowest BCUT2D eigenvalue weighted by atomic mass is 10.1. The highest BCUT2D eigenvalue weighted by molar-refractivity contribution is 7.99. The number of fused-ring (bicyclic) bond motifs is 1. The number of rotatable bonds is 3. The third kappa shape index (κ3) is 2.48. The fraction of sp³-hybridized carbons (Fsp3) is 0.500. The van der Waals surface area contributed by atoms with E-state index in [1.165, 1.54) is 30.7 Å². The molecule has 18 heavy (non-hydrogen) atoms. The average molecular weight is 262 g/mol. The summed E-state index contributed by atoms with van der Waals surface area (Å²) in [4.78, 5) is 4.68. The van der Waals surface area contributed by atoms with Crippen molar-refractivity contribution in [3.8, 4) is 5.75 Å². The fourth-order valence-electron chi connectivity index (χ4n) is 2.44. The van der Waals surface area contributed by atoms with E-state index in [-0.39, 0.29) is 0 Å². The number of hydrogen-bond acceptors (Lipinski definition) is 3. The predicted octanol–water partition coefficient (Wildman–Crippen LogP) is 3.17. The van der Waals surface area contributed by atoms with Gasteiger partial charge in [0, 0.05) is 17.9 Å². The van der Waals surface area contributed by atoms with Gasteiger partial charge in [0.1, 0.15) is 11.4 Å². The van der Waals surface area contributed by atoms with Crippen molar-refractivity contribution in [2.24, 2.45) is 0 Å². The fourth-order valence-corrected chi connectivity index (χ4v) is 3.77. The first-order valence-electron chi connectivity index (χ1n) is 6.48. The summed E-state index contributed by atoms with van der Waals surface area (Å²) in [6, 6.07) is 3.97. The maximum absolute atomic E-state index is 5.23. The van der Waals surface area contributed by atoms with Gasteiger partial charge in [-0.2, -0.15) is 11.8 Å². The lowest BCUT2D eigenvalue weighted by molar-refractivity contribution is 0.412. The third-order valence-corrected chi connectivity index (χ3v) is 4.82. The Morgan fingerprint density at radius 3 is 3.11 bits per heavy atom. The van der Waals surface area contributed by atoms with E-state index in [2.05, 4.69) is 27.3 Å². The van der Waals surface area contributed by atoms with Crippen LogP contribution in [0.2, 0.25) is 0 Å². The largest absolute Gasteiger partial charge is 0.495 e. The van der Waals surface area contributed by atoms with Crippen LogP contribution in [0.25, 0.3) is 5.65 Å². The van der Waals surface area contributed by atoms with Crippen LogP contribution in [0.1, 0.15) is 25.0 Å². The number of methoxy groups -OCH3 is 1. The molecule has 0 aromatic carbocycles. The molecule has 0 saturated carbocycles. The van der Waals surface area contributed by atoms with Crippen LogP contribution in [0.4, 0.5) is 0 Å². The maximum atomic E-state index is 5.23. The molecule has 0 N–H and O–H groups in total. The zero-order valence-corrected chi connectivity index (χ0v) is 11.4. The van der Waals surface area contributed by atoms with Crippen LogP contribution in [-0.4, -0.2) is 27.5 Å². The first-order chi connectivity index (χ1) is 8.85. The molecular formula is C14H18N2OS. The SMILES string of the molecule is COc1ccc2nc(CC3CCCCS3)cn2c1. The minimum atomic E-state index is 0.755. The normalized spacial score (nSPS) is 20.2. The van der Waals surface area contributed by atoms with Gasteiger partial charge in [-0.05, 0) is 30.7 Å². The van der Waals surface area contributed by atoms with E-state index in [9.17, 15) is 0 Å². The summed E-state index contributed by atoms with van der Waals surface area (Å²) in [5.74, 6) is 2.18. The molecule has 3 nitrogen and oxygen atoms in total. The Morgan fingerprint density at radius 2 is 2.33 bits per heavy atom. The highest BCUT2D eigenvalue weighted by Crippen LogP contribution is 2.27. The molecule has 1 atom stereocenters. The Hall–Kier alpha value is -1.16. The second kappa shape index (κ2) is 5.22. The van der Waals surface area contributed by atoms with Crippen molar-refractivity contribution in [2.45, 2.75) is 30.9 Å². The quantitative estimate of drug-likeness (QED) is 0.850. The topological polar surface area (TPSA) is 26.5 Å². The molecule has 3 heterocycles. The summed E-state index contributed by atoms with van der Waals surface area (Å²) < 4.78 is 7.29. The maximum Gasteiger partial charge on any atom is 0.137 e. The monoisotopic (exact) mass is 262 g/mol. The van der Waals surface area contributed by atoms with E-state index in [4.69, 9.17) is 4.74 Å². The van der Waals surface area contributed by atoms with E-state index in [0.717, 1.165) is 23.1 Å². The van der Waals surface area contributed by atoms with Crippen molar-refractivity contribution < 1.29 is 4.74 Å². The zero-order chi connectivity index (χ0) is 12.4. The summed E-state index contributed by atoms with van der Waals surface area (Å²) in [7, 11) is 1.69. The second-order valence-corrected chi connectivity index (χ2v) is 6.17. The van der Waals surface area contributed by atoms with Crippen LogP contribution in [0.5, 0.6) is 5.75 Å². The molecular weight excluding hydrogens is 244 g/mol. The van der Waals surface area contributed by atoms with Gasteiger partial charge >= 0.3 is 0 Å². The number of hydrogen-bond donors (Lipinski definition) is 0. The van der Waals surface area contributed by atoms with E-state index < -0.39 is 0 Å². The summed E-state index contributed by atoms with van der Waals surface area (Å²) in [5, 5.41) is 0.755. The number of aromatic nitrogens is 2. The van der Waals surface area contributed by atoms with Gasteiger partial charge in [0.05, 0.1) is 19.0 Å². The Labute approximate surface area is 112 Å². The highest BCUT2D eigenvalue weighted by atomic mass is 32.2. The molecule has 0 spiro atoms. The lowest BCUT2D eigenvalue weighted by Crippen LogP contribution is -2.12. The molecule has 0 radical (unpaired) electrons. The predicted molar refractivity (Wildman–Crippen MR) is 75.5 cm³/mol. The van der Waals surface area contributed by atoms with Crippen LogP contribution in [-0.2, 0) is 6.42 Å². The molecule has 2 aromatic heterocycles. The van der Waals surface area contributed by atoms with Gasteiger partial charge in [-0.3, -0.25) is 0 Å². The van der Waals surface area contributed by atoms with Crippen molar-refractivity contribution >= 4 is 17.4 Å². The van der Waals surface area contributed by atoms with Gasteiger partial charge in [-0.1, -0.05) is 6.42 Å². The molecule has 0 amide bonds. The van der Waals surface area contributed by atoms with Crippen LogP contribution in [0.15, 0.2) is 24.5 Å². The zero-order valence-electron chi connectivity index (χ0n) is 10.6. The first-order valence-corrected chi connectivity index (χ1v) is 7.53. The number of nitrogens with zero attached hydrogens (tertiary/aromatic N) is 2. The molecule has 1 aliphatic heterocycles. The molecule has 1 saturated heterocycles. The van der Waals surface area contributed by atoms with E-state index in [1.807, 2.05) is 18.3 Å². The smallest absolute Gasteiger partial charge is 0.137 e. The molecule has 3 rings (SSSR count). The minimum absolute atomic E-state index is 0.755. The van der Waals surface area contributed by atoms with Crippen molar-refractivity contribution in [1.29, 1.82) is 0 Å². The van der Waals surface area contributed by atoms with Crippen LogP contribution < -0.4 is 4.74 Å². The number of imidazole rings is 1. The molecule has 0 bridgehead atoms. The van der Waals surface area contributed by atoms with Gasteiger partial charge in [-0.25, -0.2) is 4.98 Å². The third-order valence-electron chi connectivity index (χ3n) is 3.42. The van der Waals surface area contributed by atoms with Crippen molar-refractivity contribution in [3.63, 3.8) is 0 Å². The van der Waals surface area contributed by atoms with Crippen LogP contribution in [0, 0.1) is 0 Å². The number of thioether (sulfide) groups is 1. The second-order valence-electron chi connectivity index (χ2n) is 4.76. The van der Waals surface area contributed by atoms with Gasteiger partial charge < -0.3 is 9.14 Å². The molecule has 96 valence electrons. The van der Waals surface area contributed by atoms with Gasteiger partial charge in [0.15, 0.2) is 0 Å². The van der Waals surface area contributed by atoms with E-state index in [0.29, 0.717) is 0 Å². The van der Waals surface area contributed by atoms with Crippen LogP contribution in [0.3, 0.4) is 0 Å². The van der Waals surface area contributed by atoms with Crippen LogP contribution >= 0.6 is 11.8 Å². The Bertz CT molecular complexity index is 532. The highest BCUT2D eigenvalue weighted by Gasteiger charge is 2.16. The molecule has 1 aliphatic rings. The standard InChI is InChI=1S/C14H18N2OS/c1-17-12-5-6-14-15-11(9-16(14)10-12)8-13-4-2-3-7-18-13/h5-6,9-10,13H,2-4,7-8H2,1H3. The van der Waals surface area contributed by atoms with Gasteiger partial charge in [0.2, 0.25) is 0 Å². The summed E-state index contributed by atoms with van der Waals surface area (Å²) >= 11 is 2.10. The van der Waals surface area contributed by atoms with Crippen molar-refractivity contribution in [3.05, 3.63) is 30.2 Å². The van der Waals surface area contributed by atoms with Crippen molar-refractivity contribution in [2.75, 3.05) is 12.9 Å². The van der Waals surface area contributed by atoms with Gasteiger partial charge in [0.25, 0.3) is 0 Å². The average Bonchev–Trinajstić information content (AvgIpc) is 2.80. The lowest BCUT2D eigenvalue weighted by Gasteiger charge is -2.19. The van der Waals surface area contributed by atoms with E-state index >= 15 is 0 Å². The Morgan fingerprint density at radius 1 is 1.39 bits per heavy atom. The molecule has 0 aliphatic carbocycles. The summed E-state index contributed by atoms with van der Waals surface area (Å²) in [5.41, 5.74) is 2.20. The number of pyridine rings is 1. The first kappa shape index (κ1) is 11.9. The molecule has 2 aromatic rings. The summed E-state index contributed by atoms with van der Waals surface area (Å²) in [6.45, 7) is 0. The molecule has 1 fully saturated rings. The minimum Gasteiger partial charge on any atom is -0.495 e. The van der Waals surface area contributed by atoms with Gasteiger partial charge in [-0.15, -0.1) is 0 Å².